The molecule has 0 saturated heterocycles. The van der Waals surface area contributed by atoms with Crippen LogP contribution in [0.25, 0.3) is 0 Å². The summed E-state index contributed by atoms with van der Waals surface area (Å²) in [6.07, 6.45) is 1.10. The maximum Gasteiger partial charge on any atom is 0.0897 e. The summed E-state index contributed by atoms with van der Waals surface area (Å²) in [5.74, 6) is 0. The monoisotopic (exact) mass is 227 g/mol. The standard InChI is InChI=1S/C11H21N3S/c1-4-11(3,7-12)8-13-5-10-6-15-9(2)14-10/h6,13H,4-5,7-8,12H2,1-3H3. The molecular weight excluding hydrogens is 206 g/mol. The number of thiazole rings is 1. The molecule has 0 fully saturated rings. The van der Waals surface area contributed by atoms with Crippen LogP contribution in [0.1, 0.15) is 31.0 Å². The van der Waals surface area contributed by atoms with Crippen LogP contribution >= 0.6 is 11.3 Å². The van der Waals surface area contributed by atoms with Gasteiger partial charge >= 0.3 is 0 Å². The third kappa shape index (κ3) is 3.89. The van der Waals surface area contributed by atoms with E-state index in [0.29, 0.717) is 0 Å². The Morgan fingerprint density at radius 3 is 2.80 bits per heavy atom. The van der Waals surface area contributed by atoms with Gasteiger partial charge in [-0.1, -0.05) is 13.8 Å². The van der Waals surface area contributed by atoms with Gasteiger partial charge < -0.3 is 11.1 Å². The topological polar surface area (TPSA) is 50.9 Å². The van der Waals surface area contributed by atoms with Gasteiger partial charge in [0.2, 0.25) is 0 Å². The van der Waals surface area contributed by atoms with E-state index in [1.54, 1.807) is 11.3 Å². The Kier molecular flexibility index (Phi) is 4.70. The number of aromatic nitrogens is 1. The van der Waals surface area contributed by atoms with E-state index in [4.69, 9.17) is 5.73 Å². The molecule has 1 aromatic rings. The predicted octanol–water partition coefficient (Wildman–Crippen LogP) is 1.92. The van der Waals surface area contributed by atoms with Gasteiger partial charge in [0, 0.05) is 18.5 Å². The van der Waals surface area contributed by atoms with E-state index >= 15 is 0 Å². The summed E-state index contributed by atoms with van der Waals surface area (Å²) in [5.41, 5.74) is 7.09. The molecule has 0 amide bonds. The quantitative estimate of drug-likeness (QED) is 0.780. The Labute approximate surface area is 96.1 Å². The Morgan fingerprint density at radius 1 is 1.60 bits per heavy atom. The second-order valence-corrected chi connectivity index (χ2v) is 5.39. The number of hydrogen-bond acceptors (Lipinski definition) is 4. The summed E-state index contributed by atoms with van der Waals surface area (Å²) in [4.78, 5) is 4.41. The molecule has 1 aromatic heterocycles. The first kappa shape index (κ1) is 12.6. The Bertz CT molecular complexity index is 292. The van der Waals surface area contributed by atoms with Crippen LogP contribution in [0, 0.1) is 12.3 Å². The number of aryl methyl sites for hydroxylation is 1. The first-order valence-electron chi connectivity index (χ1n) is 5.41. The van der Waals surface area contributed by atoms with Crippen molar-refractivity contribution in [2.24, 2.45) is 11.1 Å². The van der Waals surface area contributed by atoms with E-state index in [0.717, 1.165) is 36.8 Å². The average molecular weight is 227 g/mol. The molecule has 0 aliphatic rings. The average Bonchev–Trinajstić information content (AvgIpc) is 2.64. The molecule has 4 heteroatoms. The Balaban J connectivity index is 2.32. The largest absolute Gasteiger partial charge is 0.330 e. The highest BCUT2D eigenvalue weighted by molar-refractivity contribution is 7.09. The van der Waals surface area contributed by atoms with Gasteiger partial charge in [-0.05, 0) is 25.3 Å². The molecule has 1 rings (SSSR count). The lowest BCUT2D eigenvalue weighted by molar-refractivity contribution is 0.302. The second-order valence-electron chi connectivity index (χ2n) is 4.33. The van der Waals surface area contributed by atoms with Crippen LogP contribution in [0.15, 0.2) is 5.38 Å². The van der Waals surface area contributed by atoms with E-state index < -0.39 is 0 Å². The van der Waals surface area contributed by atoms with Crippen LogP contribution in [0.2, 0.25) is 0 Å². The predicted molar refractivity (Wildman–Crippen MR) is 66.0 cm³/mol. The molecule has 0 aliphatic carbocycles. The third-order valence-electron chi connectivity index (χ3n) is 2.87. The van der Waals surface area contributed by atoms with Gasteiger partial charge in [-0.15, -0.1) is 11.3 Å². The maximum absolute atomic E-state index is 5.75. The normalized spacial score (nSPS) is 15.2. The highest BCUT2D eigenvalue weighted by atomic mass is 32.1. The minimum Gasteiger partial charge on any atom is -0.330 e. The zero-order valence-corrected chi connectivity index (χ0v) is 10.7. The Morgan fingerprint density at radius 2 is 2.33 bits per heavy atom. The van der Waals surface area contributed by atoms with Gasteiger partial charge in [-0.25, -0.2) is 4.98 Å². The van der Waals surface area contributed by atoms with Crippen molar-refractivity contribution in [3.05, 3.63) is 16.1 Å². The van der Waals surface area contributed by atoms with Crippen molar-refractivity contribution in [2.75, 3.05) is 13.1 Å². The van der Waals surface area contributed by atoms with E-state index in [1.165, 1.54) is 0 Å². The fraction of sp³-hybridized carbons (Fsp3) is 0.727. The van der Waals surface area contributed by atoms with Crippen molar-refractivity contribution in [3.63, 3.8) is 0 Å². The van der Waals surface area contributed by atoms with E-state index in [2.05, 4.69) is 29.5 Å². The molecule has 86 valence electrons. The van der Waals surface area contributed by atoms with Crippen LogP contribution in [0.3, 0.4) is 0 Å². The molecule has 1 atom stereocenters. The fourth-order valence-electron chi connectivity index (χ4n) is 1.32. The Hall–Kier alpha value is -0.450. The summed E-state index contributed by atoms with van der Waals surface area (Å²) in [5, 5.41) is 6.66. The molecule has 1 heterocycles. The first-order chi connectivity index (χ1) is 7.09. The number of rotatable bonds is 6. The molecule has 0 radical (unpaired) electrons. The molecule has 0 saturated carbocycles. The summed E-state index contributed by atoms with van der Waals surface area (Å²) in [6, 6.07) is 0. The highest BCUT2D eigenvalue weighted by Gasteiger charge is 2.19. The van der Waals surface area contributed by atoms with Crippen molar-refractivity contribution in [1.29, 1.82) is 0 Å². The summed E-state index contributed by atoms with van der Waals surface area (Å²) in [7, 11) is 0. The molecule has 0 aromatic carbocycles. The van der Waals surface area contributed by atoms with E-state index in [9.17, 15) is 0 Å². The second kappa shape index (κ2) is 5.58. The minimum absolute atomic E-state index is 0.213. The zero-order valence-electron chi connectivity index (χ0n) is 9.84. The number of nitrogens with one attached hydrogen (secondary N) is 1. The van der Waals surface area contributed by atoms with Gasteiger partial charge in [0.05, 0.1) is 10.7 Å². The lowest BCUT2D eigenvalue weighted by Gasteiger charge is -2.26. The van der Waals surface area contributed by atoms with Crippen LogP contribution in [0.5, 0.6) is 0 Å². The first-order valence-corrected chi connectivity index (χ1v) is 6.29. The van der Waals surface area contributed by atoms with Crippen molar-refractivity contribution >= 4 is 11.3 Å². The number of nitrogens with zero attached hydrogens (tertiary/aromatic N) is 1. The highest BCUT2D eigenvalue weighted by Crippen LogP contribution is 2.17. The summed E-state index contributed by atoms with van der Waals surface area (Å²) >= 11 is 1.70. The summed E-state index contributed by atoms with van der Waals surface area (Å²) in [6.45, 7) is 8.96. The fourth-order valence-corrected chi connectivity index (χ4v) is 1.94. The van der Waals surface area contributed by atoms with Crippen molar-refractivity contribution < 1.29 is 0 Å². The van der Waals surface area contributed by atoms with Crippen LogP contribution < -0.4 is 11.1 Å². The molecule has 1 unspecified atom stereocenters. The number of nitrogens with two attached hydrogens (primary N) is 1. The van der Waals surface area contributed by atoms with Gasteiger partial charge in [-0.2, -0.15) is 0 Å². The van der Waals surface area contributed by atoms with E-state index in [1.807, 2.05) is 6.92 Å². The van der Waals surface area contributed by atoms with Crippen LogP contribution in [0.4, 0.5) is 0 Å². The molecule has 0 spiro atoms. The third-order valence-corrected chi connectivity index (χ3v) is 3.69. The van der Waals surface area contributed by atoms with Crippen molar-refractivity contribution in [2.45, 2.75) is 33.7 Å². The van der Waals surface area contributed by atoms with Gasteiger partial charge in [0.25, 0.3) is 0 Å². The maximum atomic E-state index is 5.75. The smallest absolute Gasteiger partial charge is 0.0897 e. The summed E-state index contributed by atoms with van der Waals surface area (Å²) < 4.78 is 0. The number of hydrogen-bond donors (Lipinski definition) is 2. The lowest BCUT2D eigenvalue weighted by atomic mass is 9.88. The van der Waals surface area contributed by atoms with Crippen molar-refractivity contribution in [3.8, 4) is 0 Å². The molecular formula is C11H21N3S. The van der Waals surface area contributed by atoms with Gasteiger partial charge in [-0.3, -0.25) is 0 Å². The van der Waals surface area contributed by atoms with E-state index in [-0.39, 0.29) is 5.41 Å². The lowest BCUT2D eigenvalue weighted by Crippen LogP contribution is -2.37. The molecule has 0 bridgehead atoms. The van der Waals surface area contributed by atoms with Crippen LogP contribution in [-0.4, -0.2) is 18.1 Å². The molecule has 15 heavy (non-hydrogen) atoms. The molecule has 0 aliphatic heterocycles. The van der Waals surface area contributed by atoms with Crippen LogP contribution in [-0.2, 0) is 6.54 Å². The zero-order chi connectivity index (χ0) is 11.3. The SMILES string of the molecule is CCC(C)(CN)CNCc1csc(C)n1. The molecule has 3 nitrogen and oxygen atoms in total. The van der Waals surface area contributed by atoms with Crippen molar-refractivity contribution in [1.82, 2.24) is 10.3 Å². The molecule has 3 N–H and O–H groups in total. The minimum atomic E-state index is 0.213. The van der Waals surface area contributed by atoms with Gasteiger partial charge in [0.1, 0.15) is 0 Å². The van der Waals surface area contributed by atoms with Gasteiger partial charge in [0.15, 0.2) is 0 Å².